The van der Waals surface area contributed by atoms with Gasteiger partial charge in [0.25, 0.3) is 0 Å². The van der Waals surface area contributed by atoms with E-state index in [1.54, 1.807) is 28.6 Å². The van der Waals surface area contributed by atoms with E-state index in [1.165, 1.54) is 0 Å². The molecule has 106 valence electrons. The monoisotopic (exact) mass is 347 g/mol. The number of nitrogens with two attached hydrogens (primary N) is 1. The molecule has 2 rings (SSSR count). The zero-order valence-corrected chi connectivity index (χ0v) is 13.0. The smallest absolute Gasteiger partial charge is 0.243 e. The van der Waals surface area contributed by atoms with Crippen molar-refractivity contribution in [3.05, 3.63) is 28.7 Å². The molecule has 0 atom stereocenters. The van der Waals surface area contributed by atoms with Crippen LogP contribution in [0, 0.1) is 0 Å². The lowest BCUT2D eigenvalue weighted by Gasteiger charge is -2.33. The highest BCUT2D eigenvalue weighted by molar-refractivity contribution is 9.10. The van der Waals surface area contributed by atoms with Crippen LogP contribution in [0.4, 0.5) is 0 Å². The number of sulfonamides is 1. The maximum absolute atomic E-state index is 12.4. The fourth-order valence-corrected chi connectivity index (χ4v) is 3.82. The van der Waals surface area contributed by atoms with Crippen LogP contribution in [0.3, 0.4) is 0 Å². The van der Waals surface area contributed by atoms with Crippen LogP contribution in [-0.2, 0) is 10.0 Å². The molecule has 0 amide bonds. The van der Waals surface area contributed by atoms with Crippen molar-refractivity contribution in [2.45, 2.75) is 4.90 Å². The number of piperazine rings is 1. The van der Waals surface area contributed by atoms with E-state index in [0.717, 1.165) is 24.1 Å². The second kappa shape index (κ2) is 6.32. The van der Waals surface area contributed by atoms with Crippen LogP contribution < -0.4 is 5.73 Å². The average Bonchev–Trinajstić information content (AvgIpc) is 2.40. The normalized spacial score (nSPS) is 18.6. The van der Waals surface area contributed by atoms with Gasteiger partial charge >= 0.3 is 0 Å². The van der Waals surface area contributed by atoms with E-state index in [4.69, 9.17) is 5.73 Å². The summed E-state index contributed by atoms with van der Waals surface area (Å²) in [6, 6.07) is 6.76. The standard InChI is InChI=1S/C12H18BrN3O2S/c13-11-1-3-12(4-2-11)19(17,18)16-9-7-15(6-5-14)8-10-16/h1-4H,5-10,14H2. The van der Waals surface area contributed by atoms with Crippen molar-refractivity contribution < 1.29 is 8.42 Å². The predicted molar refractivity (Wildman–Crippen MR) is 78.4 cm³/mol. The lowest BCUT2D eigenvalue weighted by atomic mass is 10.3. The lowest BCUT2D eigenvalue weighted by Crippen LogP contribution is -2.49. The van der Waals surface area contributed by atoms with Gasteiger partial charge in [-0.05, 0) is 24.3 Å². The summed E-state index contributed by atoms with van der Waals surface area (Å²) in [5.41, 5.74) is 5.51. The van der Waals surface area contributed by atoms with E-state index < -0.39 is 10.0 Å². The van der Waals surface area contributed by atoms with Crippen molar-refractivity contribution in [3.63, 3.8) is 0 Å². The second-order valence-electron chi connectivity index (χ2n) is 4.49. The molecular weight excluding hydrogens is 330 g/mol. The van der Waals surface area contributed by atoms with E-state index in [1.807, 2.05) is 0 Å². The molecule has 0 radical (unpaired) electrons. The fraction of sp³-hybridized carbons (Fsp3) is 0.500. The summed E-state index contributed by atoms with van der Waals surface area (Å²) < 4.78 is 27.3. The molecule has 0 spiro atoms. The van der Waals surface area contributed by atoms with Crippen LogP contribution in [0.5, 0.6) is 0 Å². The third-order valence-corrected chi connectivity index (χ3v) is 5.67. The summed E-state index contributed by atoms with van der Waals surface area (Å²) in [7, 11) is -3.36. The number of hydrogen-bond donors (Lipinski definition) is 1. The highest BCUT2D eigenvalue weighted by atomic mass is 79.9. The van der Waals surface area contributed by atoms with E-state index >= 15 is 0 Å². The first kappa shape index (κ1) is 14.9. The molecule has 0 aromatic heterocycles. The predicted octanol–water partition coefficient (Wildman–Crippen LogP) is 0.714. The topological polar surface area (TPSA) is 66.6 Å². The first-order chi connectivity index (χ1) is 9.04. The lowest BCUT2D eigenvalue weighted by molar-refractivity contribution is 0.192. The van der Waals surface area contributed by atoms with E-state index in [2.05, 4.69) is 20.8 Å². The molecule has 0 bridgehead atoms. The summed E-state index contributed by atoms with van der Waals surface area (Å²) in [4.78, 5) is 2.54. The molecule has 7 heteroatoms. The molecular formula is C12H18BrN3O2S. The van der Waals surface area contributed by atoms with Crippen molar-refractivity contribution >= 4 is 26.0 Å². The van der Waals surface area contributed by atoms with Gasteiger partial charge in [0.05, 0.1) is 4.90 Å². The summed E-state index contributed by atoms with van der Waals surface area (Å²) in [5.74, 6) is 0. The largest absolute Gasteiger partial charge is 0.329 e. The summed E-state index contributed by atoms with van der Waals surface area (Å²) >= 11 is 3.31. The Balaban J connectivity index is 2.07. The van der Waals surface area contributed by atoms with Gasteiger partial charge in [-0.25, -0.2) is 8.42 Å². The Morgan fingerprint density at radius 3 is 2.21 bits per heavy atom. The third kappa shape index (κ3) is 3.55. The third-order valence-electron chi connectivity index (χ3n) is 3.23. The zero-order valence-electron chi connectivity index (χ0n) is 10.6. The van der Waals surface area contributed by atoms with Gasteiger partial charge in [-0.15, -0.1) is 0 Å². The van der Waals surface area contributed by atoms with Crippen molar-refractivity contribution in [1.82, 2.24) is 9.21 Å². The molecule has 0 unspecified atom stereocenters. The van der Waals surface area contributed by atoms with Gasteiger partial charge < -0.3 is 5.73 Å². The van der Waals surface area contributed by atoms with Gasteiger partial charge in [-0.1, -0.05) is 15.9 Å². The Bertz CT molecular complexity index is 510. The molecule has 1 saturated heterocycles. The molecule has 1 aromatic carbocycles. The SMILES string of the molecule is NCCN1CCN(S(=O)(=O)c2ccc(Br)cc2)CC1. The van der Waals surface area contributed by atoms with E-state index in [9.17, 15) is 8.42 Å². The van der Waals surface area contributed by atoms with Gasteiger partial charge in [-0.3, -0.25) is 4.90 Å². The number of benzene rings is 1. The van der Waals surface area contributed by atoms with Crippen LogP contribution in [0.25, 0.3) is 0 Å². The Labute approximate surface area is 122 Å². The molecule has 1 aromatic rings. The molecule has 1 heterocycles. The summed E-state index contributed by atoms with van der Waals surface area (Å²) in [6.07, 6.45) is 0. The quantitative estimate of drug-likeness (QED) is 0.871. The molecule has 0 saturated carbocycles. The van der Waals surface area contributed by atoms with Gasteiger partial charge in [0.2, 0.25) is 10.0 Å². The van der Waals surface area contributed by atoms with Crippen molar-refractivity contribution in [2.24, 2.45) is 5.73 Å². The molecule has 5 nitrogen and oxygen atoms in total. The molecule has 1 fully saturated rings. The number of nitrogens with zero attached hydrogens (tertiary/aromatic N) is 2. The van der Waals surface area contributed by atoms with Crippen LogP contribution in [0.1, 0.15) is 0 Å². The average molecular weight is 348 g/mol. The molecule has 1 aliphatic rings. The van der Waals surface area contributed by atoms with Crippen LogP contribution in [-0.4, -0.2) is 56.9 Å². The number of rotatable bonds is 4. The van der Waals surface area contributed by atoms with Crippen molar-refractivity contribution in [2.75, 3.05) is 39.3 Å². The minimum absolute atomic E-state index is 0.350. The molecule has 0 aliphatic carbocycles. The highest BCUT2D eigenvalue weighted by Gasteiger charge is 2.27. The van der Waals surface area contributed by atoms with Gasteiger partial charge in [-0.2, -0.15) is 4.31 Å². The Morgan fingerprint density at radius 1 is 1.11 bits per heavy atom. The maximum Gasteiger partial charge on any atom is 0.243 e. The molecule has 19 heavy (non-hydrogen) atoms. The van der Waals surface area contributed by atoms with E-state index in [-0.39, 0.29) is 0 Å². The van der Waals surface area contributed by atoms with E-state index in [0.29, 0.717) is 24.5 Å². The first-order valence-corrected chi connectivity index (χ1v) is 8.45. The Hall–Kier alpha value is -0.470. The van der Waals surface area contributed by atoms with Gasteiger partial charge in [0.1, 0.15) is 0 Å². The Morgan fingerprint density at radius 2 is 1.68 bits per heavy atom. The Kier molecular flexibility index (Phi) is 4.97. The minimum atomic E-state index is -3.36. The van der Waals surface area contributed by atoms with Crippen LogP contribution in [0.15, 0.2) is 33.6 Å². The highest BCUT2D eigenvalue weighted by Crippen LogP contribution is 2.19. The summed E-state index contributed by atoms with van der Waals surface area (Å²) in [6.45, 7) is 3.97. The number of halogens is 1. The molecule has 2 N–H and O–H groups in total. The van der Waals surface area contributed by atoms with Crippen LogP contribution in [0.2, 0.25) is 0 Å². The van der Waals surface area contributed by atoms with Crippen LogP contribution >= 0.6 is 15.9 Å². The molecule has 1 aliphatic heterocycles. The van der Waals surface area contributed by atoms with Crippen molar-refractivity contribution in [1.29, 1.82) is 0 Å². The second-order valence-corrected chi connectivity index (χ2v) is 7.34. The number of hydrogen-bond acceptors (Lipinski definition) is 4. The van der Waals surface area contributed by atoms with Gasteiger partial charge in [0, 0.05) is 43.7 Å². The first-order valence-electron chi connectivity index (χ1n) is 6.22. The van der Waals surface area contributed by atoms with Crippen molar-refractivity contribution in [3.8, 4) is 0 Å². The van der Waals surface area contributed by atoms with Gasteiger partial charge in [0.15, 0.2) is 0 Å². The zero-order chi connectivity index (χ0) is 13.9. The summed E-state index contributed by atoms with van der Waals surface area (Å²) in [5, 5.41) is 0. The minimum Gasteiger partial charge on any atom is -0.329 e. The maximum atomic E-state index is 12.4. The fourth-order valence-electron chi connectivity index (χ4n) is 2.13.